The number of hydrogen-bond donors (Lipinski definition) is 2. The van der Waals surface area contributed by atoms with E-state index in [1.165, 1.54) is 23.9 Å². The van der Waals surface area contributed by atoms with E-state index in [2.05, 4.69) is 10.2 Å². The predicted octanol–water partition coefficient (Wildman–Crippen LogP) is 3.39. The Kier molecular flexibility index (Phi) is 7.96. The second kappa shape index (κ2) is 10.9. The Morgan fingerprint density at radius 2 is 1.81 bits per heavy atom. The largest absolute Gasteiger partial charge is 0.508 e. The number of hydrogen-bond acceptors (Lipinski definition) is 9. The van der Waals surface area contributed by atoms with Gasteiger partial charge in [0.1, 0.15) is 11.5 Å². The van der Waals surface area contributed by atoms with E-state index in [-0.39, 0.29) is 28.6 Å². The lowest BCUT2D eigenvalue weighted by Gasteiger charge is -2.12. The van der Waals surface area contributed by atoms with Gasteiger partial charge in [0, 0.05) is 31.9 Å². The van der Waals surface area contributed by atoms with Crippen molar-refractivity contribution in [2.75, 3.05) is 33.7 Å². The van der Waals surface area contributed by atoms with Crippen LogP contribution < -0.4 is 9.47 Å². The van der Waals surface area contributed by atoms with Gasteiger partial charge in [0.2, 0.25) is 0 Å². The first-order valence-electron chi connectivity index (χ1n) is 9.81. The van der Waals surface area contributed by atoms with E-state index in [0.717, 1.165) is 18.1 Å². The molecule has 2 N–H and O–H groups in total. The van der Waals surface area contributed by atoms with E-state index in [4.69, 9.17) is 14.2 Å². The number of phenols is 2. The Morgan fingerprint density at radius 1 is 1.03 bits per heavy atom. The van der Waals surface area contributed by atoms with E-state index in [9.17, 15) is 15.0 Å². The van der Waals surface area contributed by atoms with Crippen LogP contribution in [0.1, 0.15) is 16.8 Å². The number of rotatable bonds is 11. The van der Waals surface area contributed by atoms with Crippen LogP contribution in [0, 0.1) is 0 Å². The van der Waals surface area contributed by atoms with Crippen LogP contribution in [0.3, 0.4) is 0 Å². The second-order valence-corrected chi connectivity index (χ2v) is 7.73. The van der Waals surface area contributed by atoms with Crippen molar-refractivity contribution in [3.63, 3.8) is 0 Å². The number of nitrogens with zero attached hydrogens (tertiary/aromatic N) is 3. The number of aromatic hydroxyl groups is 2. The van der Waals surface area contributed by atoms with Crippen molar-refractivity contribution in [2.45, 2.75) is 18.1 Å². The van der Waals surface area contributed by atoms with Gasteiger partial charge in [0.25, 0.3) is 0 Å². The summed E-state index contributed by atoms with van der Waals surface area (Å²) in [6.07, 6.45) is 0.731. The lowest BCUT2D eigenvalue weighted by atomic mass is 10.1. The summed E-state index contributed by atoms with van der Waals surface area (Å²) in [6, 6.07) is 9.38. The molecule has 1 aromatic heterocycles. The first-order valence-corrected chi connectivity index (χ1v) is 10.8. The maximum absolute atomic E-state index is 12.6. The number of carbonyl (C=O) groups excluding carboxylic acids is 1. The molecule has 9 nitrogen and oxygen atoms in total. The summed E-state index contributed by atoms with van der Waals surface area (Å²) in [5, 5.41) is 28.5. The van der Waals surface area contributed by atoms with Gasteiger partial charge in [0.15, 0.2) is 28.3 Å². The lowest BCUT2D eigenvalue weighted by molar-refractivity contribution is 0.102. The molecule has 0 bridgehead atoms. The summed E-state index contributed by atoms with van der Waals surface area (Å²) in [4.78, 5) is 12.6. The van der Waals surface area contributed by atoms with Gasteiger partial charge in [-0.25, -0.2) is 0 Å². The SMILES string of the molecule is COCCCn1c(SCC(=O)c2ccc(O)cc2O)nnc1-c1ccc(OC)c(OC)c1. The number of methoxy groups -OCH3 is 3. The maximum atomic E-state index is 12.6. The van der Waals surface area contributed by atoms with Gasteiger partial charge in [0.05, 0.1) is 25.5 Å². The molecular formula is C22H25N3O6S. The molecule has 0 aliphatic carbocycles. The highest BCUT2D eigenvalue weighted by molar-refractivity contribution is 7.99. The number of aromatic nitrogens is 3. The topological polar surface area (TPSA) is 116 Å². The van der Waals surface area contributed by atoms with E-state index in [1.54, 1.807) is 27.4 Å². The molecule has 0 atom stereocenters. The molecule has 32 heavy (non-hydrogen) atoms. The molecule has 2 aromatic carbocycles. The summed E-state index contributed by atoms with van der Waals surface area (Å²) in [7, 11) is 4.78. The summed E-state index contributed by atoms with van der Waals surface area (Å²) >= 11 is 1.22. The van der Waals surface area contributed by atoms with Crippen LogP contribution in [0.25, 0.3) is 11.4 Å². The molecule has 10 heteroatoms. The number of phenolic OH excluding ortho intramolecular Hbond substituents is 2. The third-order valence-corrected chi connectivity index (χ3v) is 5.67. The van der Waals surface area contributed by atoms with Gasteiger partial charge in [-0.3, -0.25) is 4.79 Å². The first-order chi connectivity index (χ1) is 15.5. The lowest BCUT2D eigenvalue weighted by Crippen LogP contribution is -2.08. The monoisotopic (exact) mass is 459 g/mol. The minimum atomic E-state index is -0.286. The third-order valence-electron chi connectivity index (χ3n) is 4.70. The fourth-order valence-electron chi connectivity index (χ4n) is 3.12. The molecule has 0 aliphatic heterocycles. The zero-order valence-corrected chi connectivity index (χ0v) is 18.9. The zero-order valence-electron chi connectivity index (χ0n) is 18.1. The van der Waals surface area contributed by atoms with Crippen molar-refractivity contribution in [2.24, 2.45) is 0 Å². The van der Waals surface area contributed by atoms with Crippen LogP contribution in [-0.2, 0) is 11.3 Å². The molecule has 0 spiro atoms. The Morgan fingerprint density at radius 3 is 2.50 bits per heavy atom. The fourth-order valence-corrected chi connectivity index (χ4v) is 3.96. The van der Waals surface area contributed by atoms with Gasteiger partial charge in [-0.2, -0.15) is 0 Å². The molecule has 3 aromatic rings. The van der Waals surface area contributed by atoms with Crippen molar-refractivity contribution in [3.8, 4) is 34.4 Å². The van der Waals surface area contributed by atoms with Crippen LogP contribution in [0.4, 0.5) is 0 Å². The van der Waals surface area contributed by atoms with Gasteiger partial charge >= 0.3 is 0 Å². The maximum Gasteiger partial charge on any atom is 0.191 e. The van der Waals surface area contributed by atoms with Crippen LogP contribution in [0.15, 0.2) is 41.6 Å². The minimum Gasteiger partial charge on any atom is -0.508 e. The molecule has 0 amide bonds. The molecule has 0 saturated carbocycles. The Balaban J connectivity index is 1.86. The normalized spacial score (nSPS) is 10.8. The highest BCUT2D eigenvalue weighted by atomic mass is 32.2. The third kappa shape index (κ3) is 5.32. The van der Waals surface area contributed by atoms with E-state index in [0.29, 0.717) is 35.6 Å². The first kappa shape index (κ1) is 23.4. The van der Waals surface area contributed by atoms with Gasteiger partial charge < -0.3 is 29.0 Å². The molecule has 3 rings (SSSR count). The van der Waals surface area contributed by atoms with Gasteiger partial charge in [-0.1, -0.05) is 11.8 Å². The average molecular weight is 460 g/mol. The Bertz CT molecular complexity index is 1090. The Labute approximate surface area is 190 Å². The summed E-state index contributed by atoms with van der Waals surface area (Å²) < 4.78 is 17.8. The van der Waals surface area contributed by atoms with Gasteiger partial charge in [-0.05, 0) is 36.8 Å². The van der Waals surface area contributed by atoms with Crippen molar-refractivity contribution < 1.29 is 29.2 Å². The van der Waals surface area contributed by atoms with E-state index in [1.807, 2.05) is 16.7 Å². The van der Waals surface area contributed by atoms with E-state index >= 15 is 0 Å². The molecule has 170 valence electrons. The second-order valence-electron chi connectivity index (χ2n) is 6.79. The van der Waals surface area contributed by atoms with Crippen molar-refractivity contribution in [1.82, 2.24) is 14.8 Å². The molecule has 0 radical (unpaired) electrons. The van der Waals surface area contributed by atoms with Crippen molar-refractivity contribution >= 4 is 17.5 Å². The van der Waals surface area contributed by atoms with Crippen LogP contribution >= 0.6 is 11.8 Å². The minimum absolute atomic E-state index is 0.0483. The van der Waals surface area contributed by atoms with E-state index < -0.39 is 0 Å². The predicted molar refractivity (Wildman–Crippen MR) is 120 cm³/mol. The van der Waals surface area contributed by atoms with Crippen LogP contribution in [0.2, 0.25) is 0 Å². The highest BCUT2D eigenvalue weighted by Crippen LogP contribution is 2.33. The zero-order chi connectivity index (χ0) is 23.1. The Hall–Kier alpha value is -3.24. The highest BCUT2D eigenvalue weighted by Gasteiger charge is 2.19. The van der Waals surface area contributed by atoms with Crippen molar-refractivity contribution in [3.05, 3.63) is 42.0 Å². The quantitative estimate of drug-likeness (QED) is 0.253. The number of carbonyl (C=O) groups is 1. The number of ketones is 1. The molecule has 0 fully saturated rings. The van der Waals surface area contributed by atoms with Gasteiger partial charge in [-0.15, -0.1) is 10.2 Å². The molecule has 0 unspecified atom stereocenters. The van der Waals surface area contributed by atoms with Crippen LogP contribution in [0.5, 0.6) is 23.0 Å². The summed E-state index contributed by atoms with van der Waals surface area (Å²) in [6.45, 7) is 1.15. The number of thioether (sulfide) groups is 1. The standard InChI is InChI=1S/C22H25N3O6S/c1-29-10-4-9-25-21(14-5-8-19(30-2)20(11-14)31-3)23-24-22(25)32-13-18(28)16-7-6-15(26)12-17(16)27/h5-8,11-12,26-27H,4,9-10,13H2,1-3H3. The number of Topliss-reactive ketones (excluding diaryl/α,β-unsaturated/α-hetero) is 1. The average Bonchev–Trinajstić information content (AvgIpc) is 3.19. The van der Waals surface area contributed by atoms with Crippen LogP contribution in [-0.4, -0.2) is 64.4 Å². The smallest absolute Gasteiger partial charge is 0.191 e. The molecule has 1 heterocycles. The fraction of sp³-hybridized carbons (Fsp3) is 0.318. The molecule has 0 aliphatic rings. The summed E-state index contributed by atoms with van der Waals surface area (Å²) in [5.41, 5.74) is 0.933. The molecular weight excluding hydrogens is 434 g/mol. The number of ether oxygens (including phenoxy) is 3. The number of benzene rings is 2. The van der Waals surface area contributed by atoms with Crippen molar-refractivity contribution in [1.29, 1.82) is 0 Å². The summed E-state index contributed by atoms with van der Waals surface area (Å²) in [5.74, 6) is 1.20. The molecule has 0 saturated heterocycles.